The first-order valence-electron chi connectivity index (χ1n) is 6.63. The molecule has 0 aliphatic carbocycles. The Hall–Kier alpha value is -2.18. The van der Waals surface area contributed by atoms with E-state index in [2.05, 4.69) is 0 Å². The van der Waals surface area contributed by atoms with Gasteiger partial charge in [0.05, 0.1) is 10.5 Å². The Balaban J connectivity index is 2.04. The standard InChI is InChI=1S/C13H12F3N3O4S2/c1-8-7-24-12(21)19(8)6-11(20)17-18-25(22,23)10-4-2-9(3-5-10)13(14,15)16/h2-5,7,18H,6H2,1H3,(H,17,20). The number of aromatic nitrogens is 1. The SMILES string of the molecule is Cc1csc(=O)n1CC(=O)NNS(=O)(=O)c1ccc(C(F)(F)F)cc1. The van der Waals surface area contributed by atoms with Gasteiger partial charge in [0.15, 0.2) is 0 Å². The maximum atomic E-state index is 12.5. The zero-order chi connectivity index (χ0) is 18.8. The second kappa shape index (κ2) is 6.98. The first-order chi connectivity index (χ1) is 11.5. The number of carbonyl (C=O) groups is 1. The van der Waals surface area contributed by atoms with Gasteiger partial charge in [-0.05, 0) is 31.2 Å². The van der Waals surface area contributed by atoms with E-state index in [1.807, 2.05) is 5.43 Å². The Morgan fingerprint density at radius 2 is 1.84 bits per heavy atom. The fraction of sp³-hybridized carbons (Fsp3) is 0.231. The summed E-state index contributed by atoms with van der Waals surface area (Å²) in [4.78, 5) is 24.2. The van der Waals surface area contributed by atoms with E-state index in [1.165, 1.54) is 0 Å². The fourth-order valence-corrected chi connectivity index (χ4v) is 3.38. The van der Waals surface area contributed by atoms with Crippen molar-refractivity contribution in [1.29, 1.82) is 0 Å². The van der Waals surface area contributed by atoms with E-state index in [0.29, 0.717) is 17.8 Å². The number of hydrogen-bond donors (Lipinski definition) is 2. The Bertz CT molecular complexity index is 931. The molecule has 1 amide bonds. The minimum atomic E-state index is -4.59. The van der Waals surface area contributed by atoms with Gasteiger partial charge >= 0.3 is 11.0 Å². The number of thiazole rings is 1. The van der Waals surface area contributed by atoms with E-state index in [9.17, 15) is 31.2 Å². The van der Waals surface area contributed by atoms with Crippen molar-refractivity contribution in [2.45, 2.75) is 24.5 Å². The normalized spacial score (nSPS) is 12.2. The molecule has 0 saturated heterocycles. The summed E-state index contributed by atoms with van der Waals surface area (Å²) >= 11 is 0.894. The summed E-state index contributed by atoms with van der Waals surface area (Å²) in [6.07, 6.45) is -4.59. The molecule has 0 aliphatic rings. The smallest absolute Gasteiger partial charge is 0.294 e. The summed E-state index contributed by atoms with van der Waals surface area (Å²) in [5, 5.41) is 1.54. The first kappa shape index (κ1) is 19.1. The van der Waals surface area contributed by atoms with Gasteiger partial charge in [-0.3, -0.25) is 19.6 Å². The molecule has 0 aliphatic heterocycles. The average molecular weight is 395 g/mol. The number of sulfonamides is 1. The van der Waals surface area contributed by atoms with E-state index >= 15 is 0 Å². The fourth-order valence-electron chi connectivity index (χ4n) is 1.79. The maximum Gasteiger partial charge on any atom is 0.416 e. The minimum absolute atomic E-state index is 0.377. The lowest BCUT2D eigenvalue weighted by Gasteiger charge is -2.10. The van der Waals surface area contributed by atoms with Gasteiger partial charge in [-0.25, -0.2) is 8.42 Å². The van der Waals surface area contributed by atoms with Gasteiger partial charge in [-0.1, -0.05) is 11.3 Å². The van der Waals surface area contributed by atoms with Gasteiger partial charge in [-0.2, -0.15) is 13.2 Å². The van der Waals surface area contributed by atoms with Crippen LogP contribution in [0.1, 0.15) is 11.3 Å². The third-order valence-electron chi connectivity index (χ3n) is 3.09. The molecular formula is C13H12F3N3O4S2. The van der Waals surface area contributed by atoms with Gasteiger partial charge < -0.3 is 0 Å². The van der Waals surface area contributed by atoms with E-state index in [0.717, 1.165) is 28.0 Å². The van der Waals surface area contributed by atoms with Crippen molar-refractivity contribution < 1.29 is 26.4 Å². The van der Waals surface area contributed by atoms with Crippen LogP contribution in [0.2, 0.25) is 0 Å². The summed E-state index contributed by atoms with van der Waals surface area (Å²) in [7, 11) is -4.25. The highest BCUT2D eigenvalue weighted by molar-refractivity contribution is 7.89. The third-order valence-corrected chi connectivity index (χ3v) is 5.24. The van der Waals surface area contributed by atoms with E-state index in [1.54, 1.807) is 17.1 Å². The maximum absolute atomic E-state index is 12.5. The third kappa shape index (κ3) is 4.67. The number of nitrogens with one attached hydrogen (secondary N) is 2. The molecule has 2 rings (SSSR count). The molecule has 2 aromatic rings. The van der Waals surface area contributed by atoms with E-state index in [-0.39, 0.29) is 4.87 Å². The molecule has 7 nitrogen and oxygen atoms in total. The molecule has 136 valence electrons. The van der Waals surface area contributed by atoms with Crippen LogP contribution in [0.3, 0.4) is 0 Å². The summed E-state index contributed by atoms with van der Waals surface area (Å²) in [6.45, 7) is 1.21. The van der Waals surface area contributed by atoms with Crippen LogP contribution in [0.5, 0.6) is 0 Å². The molecule has 1 heterocycles. The van der Waals surface area contributed by atoms with Gasteiger partial charge in [-0.15, -0.1) is 4.83 Å². The number of carbonyl (C=O) groups excluding carboxylic acids is 1. The van der Waals surface area contributed by atoms with E-state index < -0.39 is 39.1 Å². The molecule has 12 heteroatoms. The highest BCUT2D eigenvalue weighted by Gasteiger charge is 2.30. The molecule has 0 spiro atoms. The van der Waals surface area contributed by atoms with Crippen molar-refractivity contribution in [3.05, 3.63) is 50.6 Å². The number of halogens is 3. The molecule has 0 saturated carbocycles. The highest BCUT2D eigenvalue weighted by atomic mass is 32.2. The topological polar surface area (TPSA) is 97.3 Å². The highest BCUT2D eigenvalue weighted by Crippen LogP contribution is 2.29. The molecule has 1 aromatic heterocycles. The number of nitrogens with zero attached hydrogens (tertiary/aromatic N) is 1. The van der Waals surface area contributed by atoms with Crippen LogP contribution in [-0.2, 0) is 27.5 Å². The second-order valence-electron chi connectivity index (χ2n) is 4.90. The van der Waals surface area contributed by atoms with Crippen molar-refractivity contribution in [3.63, 3.8) is 0 Å². The molecule has 1 aromatic carbocycles. The zero-order valence-corrected chi connectivity index (χ0v) is 14.3. The van der Waals surface area contributed by atoms with Crippen LogP contribution in [0, 0.1) is 6.92 Å². The van der Waals surface area contributed by atoms with Gasteiger partial charge in [0.25, 0.3) is 15.9 Å². The molecule has 0 bridgehead atoms. The quantitative estimate of drug-likeness (QED) is 0.745. The lowest BCUT2D eigenvalue weighted by Crippen LogP contribution is -2.43. The Morgan fingerprint density at radius 1 is 1.24 bits per heavy atom. The summed E-state index contributed by atoms with van der Waals surface area (Å²) in [5.74, 6) is -0.806. The molecule has 2 N–H and O–H groups in total. The lowest BCUT2D eigenvalue weighted by atomic mass is 10.2. The van der Waals surface area contributed by atoms with Crippen LogP contribution >= 0.6 is 11.3 Å². The molecular weight excluding hydrogens is 383 g/mol. The predicted octanol–water partition coefficient (Wildman–Crippen LogP) is 1.25. The molecule has 0 radical (unpaired) electrons. The van der Waals surface area contributed by atoms with Crippen molar-refractivity contribution in [3.8, 4) is 0 Å². The Labute approximate surface area is 144 Å². The van der Waals surface area contributed by atoms with Crippen LogP contribution in [0.25, 0.3) is 0 Å². The van der Waals surface area contributed by atoms with Crippen LogP contribution in [-0.4, -0.2) is 18.9 Å². The summed E-state index contributed by atoms with van der Waals surface area (Å²) < 4.78 is 62.5. The van der Waals surface area contributed by atoms with Crippen molar-refractivity contribution in [1.82, 2.24) is 14.8 Å². The lowest BCUT2D eigenvalue weighted by molar-refractivity contribution is -0.137. The Morgan fingerprint density at radius 3 is 2.32 bits per heavy atom. The van der Waals surface area contributed by atoms with Crippen LogP contribution < -0.4 is 15.1 Å². The molecule has 0 fully saturated rings. The van der Waals surface area contributed by atoms with Crippen molar-refractivity contribution >= 4 is 27.3 Å². The number of amides is 1. The minimum Gasteiger partial charge on any atom is -0.294 e. The van der Waals surface area contributed by atoms with Crippen molar-refractivity contribution in [2.75, 3.05) is 0 Å². The molecule has 0 atom stereocenters. The summed E-state index contributed by atoms with van der Waals surface area (Å²) in [5.41, 5.74) is 1.45. The predicted molar refractivity (Wildman–Crippen MR) is 83.2 cm³/mol. The van der Waals surface area contributed by atoms with Gasteiger partial charge in [0.1, 0.15) is 6.54 Å². The molecule has 0 unspecified atom stereocenters. The number of hydrogen-bond acceptors (Lipinski definition) is 5. The van der Waals surface area contributed by atoms with Gasteiger partial charge in [0.2, 0.25) is 0 Å². The second-order valence-corrected chi connectivity index (χ2v) is 7.41. The number of alkyl halides is 3. The molecule has 25 heavy (non-hydrogen) atoms. The number of aryl methyl sites for hydroxylation is 1. The van der Waals surface area contributed by atoms with Crippen LogP contribution in [0.4, 0.5) is 13.2 Å². The number of hydrazine groups is 1. The average Bonchev–Trinajstić information content (AvgIpc) is 2.84. The number of benzene rings is 1. The van der Waals surface area contributed by atoms with Gasteiger partial charge in [0, 0.05) is 11.1 Å². The van der Waals surface area contributed by atoms with E-state index in [4.69, 9.17) is 0 Å². The first-order valence-corrected chi connectivity index (χ1v) is 9.00. The largest absolute Gasteiger partial charge is 0.416 e. The van der Waals surface area contributed by atoms with Crippen molar-refractivity contribution in [2.24, 2.45) is 0 Å². The number of rotatable bonds is 5. The summed E-state index contributed by atoms with van der Waals surface area (Å²) in [6, 6.07) is 2.77. The monoisotopic (exact) mass is 395 g/mol. The zero-order valence-electron chi connectivity index (χ0n) is 12.6. The van der Waals surface area contributed by atoms with Crippen LogP contribution in [0.15, 0.2) is 39.3 Å². The Kier molecular flexibility index (Phi) is 5.34.